The molecule has 0 aliphatic heterocycles. The van der Waals surface area contributed by atoms with E-state index in [1.165, 1.54) is 23.9 Å². The van der Waals surface area contributed by atoms with Crippen molar-refractivity contribution in [2.75, 3.05) is 25.9 Å². The average Bonchev–Trinajstić information content (AvgIpc) is 2.36. The van der Waals surface area contributed by atoms with Gasteiger partial charge in [-0.05, 0) is 44.0 Å². The van der Waals surface area contributed by atoms with Crippen molar-refractivity contribution in [2.24, 2.45) is 5.92 Å². The van der Waals surface area contributed by atoms with Crippen LogP contribution in [0.15, 0.2) is 29.2 Å². The van der Waals surface area contributed by atoms with Gasteiger partial charge < -0.3 is 10.0 Å². The summed E-state index contributed by atoms with van der Waals surface area (Å²) in [7, 11) is 2.01. The van der Waals surface area contributed by atoms with E-state index in [4.69, 9.17) is 0 Å². The fourth-order valence-electron chi connectivity index (χ4n) is 2.46. The fraction of sp³-hybridized carbons (Fsp3) is 0.600. The maximum atomic E-state index is 12.6. The summed E-state index contributed by atoms with van der Waals surface area (Å²) in [5.41, 5.74) is -0.593. The highest BCUT2D eigenvalue weighted by Crippen LogP contribution is 2.32. The Hall–Kier alpha value is -0.720. The van der Waals surface area contributed by atoms with Gasteiger partial charge in [-0.2, -0.15) is 13.2 Å². The molecule has 2 nitrogen and oxygen atoms in total. The van der Waals surface area contributed by atoms with Crippen molar-refractivity contribution in [2.45, 2.75) is 30.0 Å². The molecule has 0 saturated heterocycles. The molecule has 1 N–H and O–H groups in total. The lowest BCUT2D eigenvalue weighted by atomic mass is 9.82. The van der Waals surface area contributed by atoms with Gasteiger partial charge in [0, 0.05) is 23.7 Å². The van der Waals surface area contributed by atoms with E-state index in [1.807, 2.05) is 7.05 Å². The second kappa shape index (κ2) is 7.03. The van der Waals surface area contributed by atoms with Crippen molar-refractivity contribution in [3.8, 4) is 0 Å². The maximum Gasteiger partial charge on any atom is 0.416 e. The van der Waals surface area contributed by atoms with Gasteiger partial charge in [-0.3, -0.25) is 0 Å². The standard InChI is InChI=1S/C15H20F3NOS/c1-19(10-11-7-13(20)8-11)5-6-21-14-4-2-3-12(9-14)15(16,17)18/h2-4,9,11,13,20H,5-8,10H2,1H3. The molecule has 118 valence electrons. The van der Waals surface area contributed by atoms with Crippen LogP contribution in [0.25, 0.3) is 0 Å². The van der Waals surface area contributed by atoms with Gasteiger partial charge >= 0.3 is 6.18 Å². The predicted molar refractivity (Wildman–Crippen MR) is 78.4 cm³/mol. The summed E-state index contributed by atoms with van der Waals surface area (Å²) in [5.74, 6) is 1.32. The van der Waals surface area contributed by atoms with E-state index in [0.717, 1.165) is 37.8 Å². The van der Waals surface area contributed by atoms with Crippen LogP contribution in [0.5, 0.6) is 0 Å². The quantitative estimate of drug-likeness (QED) is 0.812. The Labute approximate surface area is 127 Å². The van der Waals surface area contributed by atoms with E-state index < -0.39 is 11.7 Å². The molecule has 0 spiro atoms. The number of thioether (sulfide) groups is 1. The molecular formula is C15H20F3NOS. The van der Waals surface area contributed by atoms with E-state index in [-0.39, 0.29) is 6.10 Å². The first kappa shape index (κ1) is 16.6. The Morgan fingerprint density at radius 1 is 1.33 bits per heavy atom. The molecule has 0 heterocycles. The normalized spacial score (nSPS) is 22.4. The molecule has 21 heavy (non-hydrogen) atoms. The SMILES string of the molecule is CN(CCSc1cccc(C(F)(F)F)c1)CC1CC(O)C1. The first-order valence-electron chi connectivity index (χ1n) is 7.01. The Bertz CT molecular complexity index is 460. The summed E-state index contributed by atoms with van der Waals surface area (Å²) in [6.07, 6.45) is -2.68. The van der Waals surface area contributed by atoms with E-state index >= 15 is 0 Å². The number of hydrogen-bond acceptors (Lipinski definition) is 3. The van der Waals surface area contributed by atoms with Crippen LogP contribution in [0.2, 0.25) is 0 Å². The number of nitrogens with zero attached hydrogens (tertiary/aromatic N) is 1. The van der Waals surface area contributed by atoms with Crippen LogP contribution in [0.1, 0.15) is 18.4 Å². The van der Waals surface area contributed by atoms with E-state index in [1.54, 1.807) is 6.07 Å². The Balaban J connectivity index is 1.73. The molecule has 1 fully saturated rings. The second-order valence-corrected chi connectivity index (χ2v) is 6.80. The van der Waals surface area contributed by atoms with Gasteiger partial charge in [-0.15, -0.1) is 11.8 Å². The van der Waals surface area contributed by atoms with Crippen molar-refractivity contribution in [3.63, 3.8) is 0 Å². The molecule has 0 aromatic heterocycles. The van der Waals surface area contributed by atoms with Gasteiger partial charge in [0.1, 0.15) is 0 Å². The molecule has 1 aliphatic rings. The van der Waals surface area contributed by atoms with Gasteiger partial charge in [0.2, 0.25) is 0 Å². The van der Waals surface area contributed by atoms with Gasteiger partial charge in [-0.25, -0.2) is 0 Å². The summed E-state index contributed by atoms with van der Waals surface area (Å²) < 4.78 is 37.8. The Morgan fingerprint density at radius 2 is 2.05 bits per heavy atom. The van der Waals surface area contributed by atoms with Crippen molar-refractivity contribution in [1.29, 1.82) is 0 Å². The highest BCUT2D eigenvalue weighted by Gasteiger charge is 2.30. The van der Waals surface area contributed by atoms with Gasteiger partial charge in [0.15, 0.2) is 0 Å². The number of rotatable bonds is 6. The minimum atomic E-state index is -4.28. The largest absolute Gasteiger partial charge is 0.416 e. The zero-order chi connectivity index (χ0) is 15.5. The number of hydrogen-bond donors (Lipinski definition) is 1. The van der Waals surface area contributed by atoms with Crippen LogP contribution in [0.4, 0.5) is 13.2 Å². The molecule has 1 aromatic rings. The van der Waals surface area contributed by atoms with Gasteiger partial charge in [0.25, 0.3) is 0 Å². The lowest BCUT2D eigenvalue weighted by molar-refractivity contribution is -0.137. The molecule has 2 rings (SSSR count). The molecule has 1 aromatic carbocycles. The third-order valence-electron chi connectivity index (χ3n) is 3.68. The Morgan fingerprint density at radius 3 is 2.67 bits per heavy atom. The molecule has 1 aliphatic carbocycles. The zero-order valence-corrected chi connectivity index (χ0v) is 12.8. The van der Waals surface area contributed by atoms with Crippen molar-refractivity contribution in [1.82, 2.24) is 4.90 Å². The van der Waals surface area contributed by atoms with Crippen molar-refractivity contribution < 1.29 is 18.3 Å². The van der Waals surface area contributed by atoms with E-state index in [2.05, 4.69) is 4.90 Å². The third kappa shape index (κ3) is 5.20. The van der Waals surface area contributed by atoms with Crippen LogP contribution >= 0.6 is 11.8 Å². The van der Waals surface area contributed by atoms with Crippen molar-refractivity contribution in [3.05, 3.63) is 29.8 Å². The summed E-state index contributed by atoms with van der Waals surface area (Å²) in [5, 5.41) is 9.23. The fourth-order valence-corrected chi connectivity index (χ4v) is 3.49. The molecular weight excluding hydrogens is 299 g/mol. The molecule has 0 atom stereocenters. The molecule has 0 amide bonds. The zero-order valence-electron chi connectivity index (χ0n) is 11.9. The van der Waals surface area contributed by atoms with Crippen LogP contribution in [-0.2, 0) is 6.18 Å². The molecule has 6 heteroatoms. The number of alkyl halides is 3. The third-order valence-corrected chi connectivity index (χ3v) is 4.66. The summed E-state index contributed by atoms with van der Waals surface area (Å²) >= 11 is 1.44. The smallest absolute Gasteiger partial charge is 0.393 e. The number of aliphatic hydroxyl groups is 1. The molecule has 0 unspecified atom stereocenters. The second-order valence-electron chi connectivity index (χ2n) is 5.63. The van der Waals surface area contributed by atoms with Gasteiger partial charge in [-0.1, -0.05) is 6.07 Å². The minimum Gasteiger partial charge on any atom is -0.393 e. The number of halogens is 3. The summed E-state index contributed by atoms with van der Waals surface area (Å²) in [4.78, 5) is 2.83. The average molecular weight is 319 g/mol. The van der Waals surface area contributed by atoms with Crippen LogP contribution in [0, 0.1) is 5.92 Å². The van der Waals surface area contributed by atoms with Gasteiger partial charge in [0.05, 0.1) is 11.7 Å². The van der Waals surface area contributed by atoms with Crippen LogP contribution in [-0.4, -0.2) is 42.0 Å². The Kier molecular flexibility index (Phi) is 5.57. The maximum absolute atomic E-state index is 12.6. The summed E-state index contributed by atoms with van der Waals surface area (Å²) in [6.45, 7) is 1.77. The predicted octanol–water partition coefficient (Wildman–Crippen LogP) is 3.50. The summed E-state index contributed by atoms with van der Waals surface area (Å²) in [6, 6.07) is 5.46. The first-order chi connectivity index (χ1) is 9.84. The van der Waals surface area contributed by atoms with E-state index in [0.29, 0.717) is 10.8 Å². The molecule has 0 bridgehead atoms. The van der Waals surface area contributed by atoms with Crippen molar-refractivity contribution >= 4 is 11.8 Å². The van der Waals surface area contributed by atoms with E-state index in [9.17, 15) is 18.3 Å². The molecule has 1 saturated carbocycles. The highest BCUT2D eigenvalue weighted by atomic mass is 32.2. The number of aliphatic hydroxyl groups excluding tert-OH is 1. The van der Waals surface area contributed by atoms with Crippen LogP contribution in [0.3, 0.4) is 0 Å². The first-order valence-corrected chi connectivity index (χ1v) is 8.00. The van der Waals surface area contributed by atoms with Crippen LogP contribution < -0.4 is 0 Å². The monoisotopic (exact) mass is 319 g/mol. The lowest BCUT2D eigenvalue weighted by Crippen LogP contribution is -2.37. The minimum absolute atomic E-state index is 0.136. The number of benzene rings is 1. The highest BCUT2D eigenvalue weighted by molar-refractivity contribution is 7.99. The topological polar surface area (TPSA) is 23.5 Å². The molecule has 0 radical (unpaired) electrons. The lowest BCUT2D eigenvalue weighted by Gasteiger charge is -2.34.